The molecule has 1 aliphatic rings. The highest BCUT2D eigenvalue weighted by atomic mass is 79.9. The lowest BCUT2D eigenvalue weighted by molar-refractivity contribution is -0.137. The number of nitrogens with two attached hydrogens (primary N) is 1. The van der Waals surface area contributed by atoms with Crippen LogP contribution in [0.3, 0.4) is 0 Å². The van der Waals surface area contributed by atoms with Crippen LogP contribution in [0.5, 0.6) is 0 Å². The van der Waals surface area contributed by atoms with Crippen molar-refractivity contribution in [3.05, 3.63) is 33.8 Å². The topological polar surface area (TPSA) is 26.0 Å². The van der Waals surface area contributed by atoms with E-state index in [4.69, 9.17) is 5.73 Å². The van der Waals surface area contributed by atoms with Crippen molar-refractivity contribution in [2.45, 2.75) is 25.1 Å². The van der Waals surface area contributed by atoms with Gasteiger partial charge in [0, 0.05) is 10.5 Å². The van der Waals surface area contributed by atoms with E-state index in [1.165, 1.54) is 6.07 Å². The molecule has 2 rings (SSSR count). The first-order valence-electron chi connectivity index (χ1n) is 5.02. The third kappa shape index (κ3) is 3.36. The van der Waals surface area contributed by atoms with Crippen molar-refractivity contribution < 1.29 is 13.2 Å². The average Bonchev–Trinajstić information content (AvgIpc) is 2.98. The van der Waals surface area contributed by atoms with Crippen molar-refractivity contribution in [1.82, 2.24) is 0 Å². The molecule has 0 spiro atoms. The van der Waals surface area contributed by atoms with Crippen molar-refractivity contribution in [1.29, 1.82) is 0 Å². The lowest BCUT2D eigenvalue weighted by Crippen LogP contribution is -2.15. The predicted octanol–water partition coefficient (Wildman–Crippen LogP) is 4.30. The van der Waals surface area contributed by atoms with Crippen LogP contribution in [0.15, 0.2) is 22.7 Å². The number of hydrogen-bond acceptors (Lipinski definition) is 1. The molecule has 1 aromatic carbocycles. The molecule has 96 valence electrons. The molecule has 1 atom stereocenters. The van der Waals surface area contributed by atoms with Gasteiger partial charge in [-0.25, -0.2) is 0 Å². The Morgan fingerprint density at radius 3 is 2.35 bits per heavy atom. The van der Waals surface area contributed by atoms with E-state index in [0.29, 0.717) is 16.0 Å². The Bertz CT molecular complexity index is 404. The van der Waals surface area contributed by atoms with Crippen LogP contribution in [0.25, 0.3) is 0 Å². The molecule has 0 bridgehead atoms. The van der Waals surface area contributed by atoms with Gasteiger partial charge in [0.1, 0.15) is 0 Å². The van der Waals surface area contributed by atoms with Gasteiger partial charge >= 0.3 is 6.18 Å². The second-order valence-corrected chi connectivity index (χ2v) is 4.95. The highest BCUT2D eigenvalue weighted by Gasteiger charge is 2.34. The summed E-state index contributed by atoms with van der Waals surface area (Å²) in [7, 11) is 0. The first-order valence-corrected chi connectivity index (χ1v) is 5.81. The summed E-state index contributed by atoms with van der Waals surface area (Å²) in [5.74, 6) is 0.333. The molecule has 1 aromatic rings. The molecule has 0 heterocycles. The second-order valence-electron chi connectivity index (χ2n) is 4.10. The molecule has 1 saturated carbocycles. The Balaban J connectivity index is 0.00000144. The third-order valence-electron chi connectivity index (χ3n) is 2.81. The summed E-state index contributed by atoms with van der Waals surface area (Å²) in [6.45, 7) is 0. The standard InChI is InChI=1S/C11H11BrF3N.ClH/c12-9-4-3-7(11(13,14)15)5-8(9)10(16)6-1-2-6;/h3-6,10H,1-2,16H2;1H/t10-;/m1./s1. The number of alkyl halides is 3. The van der Waals surface area contributed by atoms with Crippen molar-refractivity contribution in [3.8, 4) is 0 Å². The van der Waals surface area contributed by atoms with Gasteiger partial charge < -0.3 is 5.73 Å². The number of hydrogen-bond donors (Lipinski definition) is 1. The molecule has 0 aliphatic heterocycles. The zero-order valence-electron chi connectivity index (χ0n) is 8.80. The number of halogens is 5. The number of rotatable bonds is 2. The van der Waals surface area contributed by atoms with Crippen LogP contribution in [-0.2, 0) is 6.18 Å². The van der Waals surface area contributed by atoms with E-state index in [9.17, 15) is 13.2 Å². The maximum atomic E-state index is 12.5. The molecule has 1 fully saturated rings. The normalized spacial score (nSPS) is 17.5. The van der Waals surface area contributed by atoms with Crippen LogP contribution in [0.1, 0.15) is 30.0 Å². The van der Waals surface area contributed by atoms with E-state index >= 15 is 0 Å². The van der Waals surface area contributed by atoms with E-state index in [-0.39, 0.29) is 18.4 Å². The Morgan fingerprint density at radius 2 is 1.88 bits per heavy atom. The van der Waals surface area contributed by atoms with Gasteiger partial charge in [0.05, 0.1) is 5.56 Å². The first kappa shape index (κ1) is 14.8. The molecule has 0 amide bonds. The van der Waals surface area contributed by atoms with E-state index in [1.54, 1.807) is 0 Å². The third-order valence-corrected chi connectivity index (χ3v) is 3.53. The molecule has 1 aliphatic carbocycles. The minimum atomic E-state index is -4.31. The summed E-state index contributed by atoms with van der Waals surface area (Å²) in [6, 6.07) is 3.33. The summed E-state index contributed by atoms with van der Waals surface area (Å²) >= 11 is 3.25. The SMILES string of the molecule is Cl.N[C@@H](c1cc(C(F)(F)F)ccc1Br)C1CC1. The van der Waals surface area contributed by atoms with Crippen LogP contribution >= 0.6 is 28.3 Å². The lowest BCUT2D eigenvalue weighted by Gasteiger charge is -2.15. The monoisotopic (exact) mass is 329 g/mol. The molecule has 0 saturated heterocycles. The summed E-state index contributed by atoms with van der Waals surface area (Å²) in [6.07, 6.45) is -2.30. The fourth-order valence-corrected chi connectivity index (χ4v) is 2.20. The maximum absolute atomic E-state index is 12.5. The van der Waals surface area contributed by atoms with Gasteiger partial charge in [0.15, 0.2) is 0 Å². The summed E-state index contributed by atoms with van der Waals surface area (Å²) in [5, 5.41) is 0. The van der Waals surface area contributed by atoms with Crippen molar-refractivity contribution >= 4 is 28.3 Å². The van der Waals surface area contributed by atoms with Gasteiger partial charge in [-0.2, -0.15) is 13.2 Å². The summed E-state index contributed by atoms with van der Waals surface area (Å²) in [5.41, 5.74) is 5.83. The Labute approximate surface area is 112 Å². The fourth-order valence-electron chi connectivity index (χ4n) is 1.68. The molecular formula is C11H12BrClF3N. The highest BCUT2D eigenvalue weighted by molar-refractivity contribution is 9.10. The van der Waals surface area contributed by atoms with Gasteiger partial charge in [0.2, 0.25) is 0 Å². The van der Waals surface area contributed by atoms with Crippen LogP contribution in [0, 0.1) is 5.92 Å². The summed E-state index contributed by atoms with van der Waals surface area (Å²) < 4.78 is 38.2. The summed E-state index contributed by atoms with van der Waals surface area (Å²) in [4.78, 5) is 0. The van der Waals surface area contributed by atoms with Crippen LogP contribution in [0.4, 0.5) is 13.2 Å². The van der Waals surface area contributed by atoms with Gasteiger partial charge in [0.25, 0.3) is 0 Å². The molecular weight excluding hydrogens is 318 g/mol. The average molecular weight is 331 g/mol. The van der Waals surface area contributed by atoms with Crippen LogP contribution in [0.2, 0.25) is 0 Å². The number of benzene rings is 1. The fraction of sp³-hybridized carbons (Fsp3) is 0.455. The minimum Gasteiger partial charge on any atom is -0.324 e. The molecule has 0 aromatic heterocycles. The highest BCUT2D eigenvalue weighted by Crippen LogP contribution is 2.42. The van der Waals surface area contributed by atoms with E-state index in [2.05, 4.69) is 15.9 Å². The quantitative estimate of drug-likeness (QED) is 0.859. The van der Waals surface area contributed by atoms with Gasteiger partial charge in [-0.15, -0.1) is 12.4 Å². The van der Waals surface area contributed by atoms with Crippen molar-refractivity contribution in [2.75, 3.05) is 0 Å². The molecule has 0 radical (unpaired) electrons. The van der Waals surface area contributed by atoms with Crippen LogP contribution in [-0.4, -0.2) is 0 Å². The molecule has 17 heavy (non-hydrogen) atoms. The molecule has 0 unspecified atom stereocenters. The second kappa shape index (κ2) is 5.16. The lowest BCUT2D eigenvalue weighted by atomic mass is 10.0. The zero-order valence-corrected chi connectivity index (χ0v) is 11.2. The largest absolute Gasteiger partial charge is 0.416 e. The minimum absolute atomic E-state index is 0. The van der Waals surface area contributed by atoms with E-state index in [1.807, 2.05) is 0 Å². The van der Waals surface area contributed by atoms with Crippen LogP contribution < -0.4 is 5.73 Å². The van der Waals surface area contributed by atoms with Gasteiger partial charge in [-0.05, 0) is 42.5 Å². The first-order chi connectivity index (χ1) is 7.39. The Kier molecular flexibility index (Phi) is 4.49. The molecule has 2 N–H and O–H groups in total. The van der Waals surface area contributed by atoms with Crippen molar-refractivity contribution in [3.63, 3.8) is 0 Å². The smallest absolute Gasteiger partial charge is 0.324 e. The van der Waals surface area contributed by atoms with Crippen molar-refractivity contribution in [2.24, 2.45) is 11.7 Å². The van der Waals surface area contributed by atoms with E-state index in [0.717, 1.165) is 25.0 Å². The zero-order chi connectivity index (χ0) is 11.9. The maximum Gasteiger partial charge on any atom is 0.416 e. The Morgan fingerprint density at radius 1 is 1.29 bits per heavy atom. The predicted molar refractivity (Wildman–Crippen MR) is 66.0 cm³/mol. The van der Waals surface area contributed by atoms with Gasteiger partial charge in [-0.1, -0.05) is 15.9 Å². The molecule has 1 nitrogen and oxygen atoms in total. The van der Waals surface area contributed by atoms with E-state index < -0.39 is 11.7 Å². The van der Waals surface area contributed by atoms with Gasteiger partial charge in [-0.3, -0.25) is 0 Å². The Hall–Kier alpha value is -0.260. The molecule has 6 heteroatoms.